The molecule has 1 aromatic carbocycles. The Kier molecular flexibility index (Phi) is 2.18. The van der Waals surface area contributed by atoms with Crippen LogP contribution in [-0.4, -0.2) is 17.6 Å². The van der Waals surface area contributed by atoms with Gasteiger partial charge in [-0.15, -0.1) is 0 Å². The van der Waals surface area contributed by atoms with Gasteiger partial charge in [-0.1, -0.05) is 5.92 Å². The van der Waals surface area contributed by atoms with E-state index in [0.717, 1.165) is 0 Å². The van der Waals surface area contributed by atoms with Crippen molar-refractivity contribution in [3.8, 4) is 11.8 Å². The minimum absolute atomic E-state index is 0.314. The topological polar surface area (TPSA) is 89.3 Å². The first-order valence-corrected chi connectivity index (χ1v) is 4.39. The molecule has 1 heterocycles. The number of anilines is 1. The number of Topliss-reactive ketones (excluding diaryl/α,β-unsaturated/α-hetero) is 1. The monoisotopic (exact) mass is 214 g/mol. The predicted octanol–water partition coefficient (Wildman–Crippen LogP) is -0.342. The number of ketones is 1. The van der Waals surface area contributed by atoms with Crippen molar-refractivity contribution in [2.45, 2.75) is 0 Å². The van der Waals surface area contributed by atoms with E-state index in [-0.39, 0.29) is 0 Å². The van der Waals surface area contributed by atoms with Crippen LogP contribution in [0.5, 0.6) is 0 Å². The van der Waals surface area contributed by atoms with E-state index in [1.54, 1.807) is 6.07 Å². The van der Waals surface area contributed by atoms with Crippen LogP contribution in [0.3, 0.4) is 0 Å². The van der Waals surface area contributed by atoms with Gasteiger partial charge in [-0.2, -0.15) is 0 Å². The van der Waals surface area contributed by atoms with Crippen molar-refractivity contribution in [3.63, 3.8) is 0 Å². The molecule has 0 aromatic heterocycles. The lowest BCUT2D eigenvalue weighted by Gasteiger charge is -1.96. The van der Waals surface area contributed by atoms with Crippen LogP contribution in [0.15, 0.2) is 18.2 Å². The summed E-state index contributed by atoms with van der Waals surface area (Å²) in [6.07, 6.45) is 0. The van der Waals surface area contributed by atoms with Gasteiger partial charge in [0.15, 0.2) is 0 Å². The standard InChI is InChI=1S/C11H6N2O3/c12-9(14)4-2-6-1-3-7-8(5-6)13-11(16)10(7)15/h1,3,5H,(H2,12,14)(H,13,15,16). The van der Waals surface area contributed by atoms with Crippen LogP contribution in [-0.2, 0) is 9.59 Å². The summed E-state index contributed by atoms with van der Waals surface area (Å²) in [4.78, 5) is 32.7. The Morgan fingerprint density at radius 2 is 2.06 bits per heavy atom. The molecule has 2 rings (SSSR count). The zero-order valence-corrected chi connectivity index (χ0v) is 8.03. The molecular weight excluding hydrogens is 208 g/mol. The lowest BCUT2D eigenvalue weighted by Crippen LogP contribution is -2.12. The van der Waals surface area contributed by atoms with Gasteiger partial charge in [-0.25, -0.2) is 0 Å². The normalized spacial score (nSPS) is 12.5. The molecule has 1 aliphatic heterocycles. The molecule has 1 aliphatic rings. The van der Waals surface area contributed by atoms with Gasteiger partial charge in [-0.05, 0) is 24.1 Å². The van der Waals surface area contributed by atoms with Gasteiger partial charge in [0.2, 0.25) is 0 Å². The first-order valence-electron chi connectivity index (χ1n) is 4.39. The highest BCUT2D eigenvalue weighted by Gasteiger charge is 2.27. The highest BCUT2D eigenvalue weighted by molar-refractivity contribution is 6.51. The van der Waals surface area contributed by atoms with Gasteiger partial charge >= 0.3 is 0 Å². The number of carbonyl (C=O) groups is 3. The van der Waals surface area contributed by atoms with Crippen LogP contribution < -0.4 is 11.1 Å². The molecule has 1 aromatic rings. The van der Waals surface area contributed by atoms with Crippen molar-refractivity contribution in [1.29, 1.82) is 0 Å². The van der Waals surface area contributed by atoms with Crippen molar-refractivity contribution in [2.75, 3.05) is 5.32 Å². The number of hydrogen-bond donors (Lipinski definition) is 2. The van der Waals surface area contributed by atoms with Crippen LogP contribution in [0.4, 0.5) is 5.69 Å². The first-order chi connectivity index (χ1) is 7.58. The highest BCUT2D eigenvalue weighted by atomic mass is 16.2. The molecule has 2 amide bonds. The average molecular weight is 214 g/mol. The Morgan fingerprint density at radius 3 is 2.75 bits per heavy atom. The first kappa shape index (κ1) is 9.93. The zero-order valence-electron chi connectivity index (χ0n) is 8.03. The van der Waals surface area contributed by atoms with Gasteiger partial charge in [-0.3, -0.25) is 14.4 Å². The lowest BCUT2D eigenvalue weighted by molar-refractivity contribution is -0.113. The largest absolute Gasteiger partial charge is 0.359 e. The fourth-order valence-corrected chi connectivity index (χ4v) is 1.36. The van der Waals surface area contributed by atoms with Crippen LogP contribution >= 0.6 is 0 Å². The maximum Gasteiger partial charge on any atom is 0.296 e. The Balaban J connectivity index is 2.41. The quantitative estimate of drug-likeness (QED) is 0.457. The summed E-state index contributed by atoms with van der Waals surface area (Å²) < 4.78 is 0. The summed E-state index contributed by atoms with van der Waals surface area (Å²) in [5, 5.41) is 2.40. The predicted molar refractivity (Wildman–Crippen MR) is 55.5 cm³/mol. The fraction of sp³-hybridized carbons (Fsp3) is 0. The van der Waals surface area contributed by atoms with Crippen molar-refractivity contribution in [2.24, 2.45) is 5.73 Å². The maximum atomic E-state index is 11.3. The van der Waals surface area contributed by atoms with Gasteiger partial charge in [0.25, 0.3) is 17.6 Å². The summed E-state index contributed by atoms with van der Waals surface area (Å²) in [6.45, 7) is 0. The van der Waals surface area contributed by atoms with Gasteiger partial charge in [0.1, 0.15) is 0 Å². The highest BCUT2D eigenvalue weighted by Crippen LogP contribution is 2.23. The Hall–Kier alpha value is -2.61. The van der Waals surface area contributed by atoms with Gasteiger partial charge in [0, 0.05) is 5.56 Å². The van der Waals surface area contributed by atoms with Gasteiger partial charge < -0.3 is 11.1 Å². The molecule has 0 spiro atoms. The molecule has 0 saturated carbocycles. The number of fused-ring (bicyclic) bond motifs is 1. The van der Waals surface area contributed by atoms with E-state index < -0.39 is 17.6 Å². The second-order valence-electron chi connectivity index (χ2n) is 3.16. The molecule has 0 bridgehead atoms. The van der Waals surface area contributed by atoms with E-state index in [1.165, 1.54) is 12.1 Å². The molecule has 0 unspecified atom stereocenters. The Bertz CT molecular complexity index is 579. The molecule has 0 aliphatic carbocycles. The number of amides is 2. The van der Waals surface area contributed by atoms with Gasteiger partial charge in [0.05, 0.1) is 11.3 Å². The number of benzene rings is 1. The zero-order chi connectivity index (χ0) is 11.7. The van der Waals surface area contributed by atoms with Crippen LogP contribution in [0.1, 0.15) is 15.9 Å². The molecule has 0 atom stereocenters. The number of primary amides is 1. The number of carbonyl (C=O) groups excluding carboxylic acids is 3. The molecule has 0 radical (unpaired) electrons. The van der Waals surface area contributed by atoms with Crippen LogP contribution in [0.25, 0.3) is 0 Å². The average Bonchev–Trinajstić information content (AvgIpc) is 2.52. The van der Waals surface area contributed by atoms with Crippen LogP contribution in [0, 0.1) is 11.8 Å². The maximum absolute atomic E-state index is 11.3. The fourth-order valence-electron chi connectivity index (χ4n) is 1.36. The smallest absolute Gasteiger partial charge is 0.296 e. The molecule has 5 heteroatoms. The lowest BCUT2D eigenvalue weighted by atomic mass is 10.1. The molecule has 78 valence electrons. The van der Waals surface area contributed by atoms with E-state index in [1.807, 2.05) is 0 Å². The Morgan fingerprint density at radius 1 is 1.31 bits per heavy atom. The van der Waals surface area contributed by atoms with Crippen LogP contribution in [0.2, 0.25) is 0 Å². The van der Waals surface area contributed by atoms with E-state index in [9.17, 15) is 14.4 Å². The molecule has 5 nitrogen and oxygen atoms in total. The van der Waals surface area contributed by atoms with Crippen molar-refractivity contribution in [1.82, 2.24) is 0 Å². The number of nitrogens with one attached hydrogen (secondary N) is 1. The molecule has 0 fully saturated rings. The number of hydrogen-bond acceptors (Lipinski definition) is 3. The third-order valence-corrected chi connectivity index (χ3v) is 2.05. The SMILES string of the molecule is NC(=O)C#Cc1ccc2c(c1)NC(=O)C2=O. The van der Waals surface area contributed by atoms with Crippen molar-refractivity contribution >= 4 is 23.3 Å². The Labute approximate surface area is 90.6 Å². The third kappa shape index (κ3) is 1.64. The van der Waals surface area contributed by atoms with E-state index in [0.29, 0.717) is 16.8 Å². The molecule has 3 N–H and O–H groups in total. The number of rotatable bonds is 0. The molecule has 16 heavy (non-hydrogen) atoms. The minimum atomic E-state index is -0.736. The molecule has 0 saturated heterocycles. The van der Waals surface area contributed by atoms with E-state index >= 15 is 0 Å². The second-order valence-corrected chi connectivity index (χ2v) is 3.16. The molecular formula is C11H6N2O3. The summed E-state index contributed by atoms with van der Waals surface area (Å²) in [5.74, 6) is 2.72. The summed E-state index contributed by atoms with van der Waals surface area (Å²) >= 11 is 0. The third-order valence-electron chi connectivity index (χ3n) is 2.05. The summed E-state index contributed by atoms with van der Waals surface area (Å²) in [7, 11) is 0. The minimum Gasteiger partial charge on any atom is -0.359 e. The van der Waals surface area contributed by atoms with E-state index in [2.05, 4.69) is 17.2 Å². The summed E-state index contributed by atoms with van der Waals surface area (Å²) in [5.41, 5.74) is 6.09. The van der Waals surface area contributed by atoms with Crippen molar-refractivity contribution in [3.05, 3.63) is 29.3 Å². The second kappa shape index (κ2) is 3.51. The number of nitrogens with two attached hydrogens (primary N) is 1. The summed E-state index contributed by atoms with van der Waals surface area (Å²) in [6, 6.07) is 4.56. The van der Waals surface area contributed by atoms with E-state index in [4.69, 9.17) is 5.73 Å². The van der Waals surface area contributed by atoms with Crippen molar-refractivity contribution < 1.29 is 14.4 Å².